The van der Waals surface area contributed by atoms with Crippen molar-refractivity contribution in [1.82, 2.24) is 15.2 Å². The molecule has 0 aliphatic heterocycles. The first-order chi connectivity index (χ1) is 9.66. The van der Waals surface area contributed by atoms with Gasteiger partial charge in [-0.1, -0.05) is 12.1 Å². The third kappa shape index (κ3) is 3.55. The molecule has 2 rings (SSSR count). The first kappa shape index (κ1) is 13.5. The van der Waals surface area contributed by atoms with Crippen molar-refractivity contribution < 1.29 is 14.3 Å². The van der Waals surface area contributed by atoms with Crippen LogP contribution >= 0.6 is 0 Å². The maximum atomic E-state index is 11.8. The molecular formula is C12H13N5O3. The molecule has 2 amide bonds. The van der Waals surface area contributed by atoms with Gasteiger partial charge >= 0.3 is 0 Å². The van der Waals surface area contributed by atoms with Crippen LogP contribution in [0, 0.1) is 0 Å². The standard InChI is InChI=1S/C12H13N5O3/c13-10(18)5-6-20-9-4-2-1-3-8(9)16-12(19)11-14-7-15-17-11/h1-4,7H,5-6H2,(H2,13,18)(H,16,19)(H,14,15,17). The van der Waals surface area contributed by atoms with Crippen LogP contribution in [0.5, 0.6) is 5.75 Å². The number of para-hydroxylation sites is 2. The number of nitrogens with one attached hydrogen (secondary N) is 2. The fraction of sp³-hybridized carbons (Fsp3) is 0.167. The summed E-state index contributed by atoms with van der Waals surface area (Å²) in [4.78, 5) is 26.2. The zero-order valence-electron chi connectivity index (χ0n) is 10.5. The van der Waals surface area contributed by atoms with Crippen LogP contribution < -0.4 is 15.8 Å². The molecule has 0 fully saturated rings. The Kier molecular flexibility index (Phi) is 4.28. The quantitative estimate of drug-likeness (QED) is 0.700. The summed E-state index contributed by atoms with van der Waals surface area (Å²) in [6.07, 6.45) is 1.34. The third-order valence-corrected chi connectivity index (χ3v) is 2.37. The smallest absolute Gasteiger partial charge is 0.293 e. The van der Waals surface area contributed by atoms with Crippen molar-refractivity contribution in [3.8, 4) is 5.75 Å². The highest BCUT2D eigenvalue weighted by atomic mass is 16.5. The van der Waals surface area contributed by atoms with E-state index in [2.05, 4.69) is 20.5 Å². The van der Waals surface area contributed by atoms with Crippen molar-refractivity contribution in [2.24, 2.45) is 5.73 Å². The highest BCUT2D eigenvalue weighted by molar-refractivity contribution is 6.02. The Morgan fingerprint density at radius 1 is 1.35 bits per heavy atom. The summed E-state index contributed by atoms with van der Waals surface area (Å²) in [5.41, 5.74) is 5.50. The number of hydrogen-bond donors (Lipinski definition) is 3. The second kappa shape index (κ2) is 6.32. The third-order valence-electron chi connectivity index (χ3n) is 2.37. The number of amides is 2. The van der Waals surface area contributed by atoms with Crippen molar-refractivity contribution in [1.29, 1.82) is 0 Å². The predicted octanol–water partition coefficient (Wildman–Crippen LogP) is 0.311. The number of carbonyl (C=O) groups is 2. The van der Waals surface area contributed by atoms with Gasteiger partial charge in [0.2, 0.25) is 11.7 Å². The van der Waals surface area contributed by atoms with E-state index < -0.39 is 11.8 Å². The Hall–Kier alpha value is -2.90. The van der Waals surface area contributed by atoms with Crippen LogP contribution in [0.2, 0.25) is 0 Å². The molecule has 4 N–H and O–H groups in total. The molecule has 104 valence electrons. The number of nitrogens with two attached hydrogens (primary N) is 1. The van der Waals surface area contributed by atoms with Gasteiger partial charge in [0.15, 0.2) is 0 Å². The van der Waals surface area contributed by atoms with E-state index in [1.54, 1.807) is 24.3 Å². The number of nitrogens with zero attached hydrogens (tertiary/aromatic N) is 2. The van der Waals surface area contributed by atoms with Crippen LogP contribution in [-0.4, -0.2) is 33.6 Å². The second-order valence-electron chi connectivity index (χ2n) is 3.85. The van der Waals surface area contributed by atoms with E-state index in [1.165, 1.54) is 6.33 Å². The molecule has 1 aromatic heterocycles. The zero-order valence-corrected chi connectivity index (χ0v) is 10.5. The van der Waals surface area contributed by atoms with Crippen molar-refractivity contribution >= 4 is 17.5 Å². The average Bonchev–Trinajstić information content (AvgIpc) is 2.94. The number of benzene rings is 1. The van der Waals surface area contributed by atoms with Crippen LogP contribution in [0.15, 0.2) is 30.6 Å². The maximum Gasteiger partial charge on any atom is 0.293 e. The predicted molar refractivity (Wildman–Crippen MR) is 70.1 cm³/mol. The van der Waals surface area contributed by atoms with E-state index in [-0.39, 0.29) is 18.9 Å². The number of ether oxygens (including phenoxy) is 1. The first-order valence-electron chi connectivity index (χ1n) is 5.83. The van der Waals surface area contributed by atoms with E-state index in [0.717, 1.165) is 0 Å². The molecule has 0 bridgehead atoms. The summed E-state index contributed by atoms with van der Waals surface area (Å²) in [6, 6.07) is 6.85. The number of primary amides is 1. The van der Waals surface area contributed by atoms with E-state index in [4.69, 9.17) is 10.5 Å². The van der Waals surface area contributed by atoms with E-state index in [9.17, 15) is 9.59 Å². The molecule has 0 saturated heterocycles. The molecule has 20 heavy (non-hydrogen) atoms. The van der Waals surface area contributed by atoms with Crippen LogP contribution in [0.25, 0.3) is 0 Å². The zero-order chi connectivity index (χ0) is 14.4. The molecule has 1 aromatic carbocycles. The number of H-pyrrole nitrogens is 1. The van der Waals surface area contributed by atoms with Gasteiger partial charge < -0.3 is 15.8 Å². The van der Waals surface area contributed by atoms with Gasteiger partial charge in [0.1, 0.15) is 12.1 Å². The summed E-state index contributed by atoms with van der Waals surface area (Å²) < 4.78 is 5.40. The van der Waals surface area contributed by atoms with Gasteiger partial charge in [-0.05, 0) is 12.1 Å². The normalized spacial score (nSPS) is 10.0. The van der Waals surface area contributed by atoms with Crippen LogP contribution in [-0.2, 0) is 4.79 Å². The molecule has 0 atom stereocenters. The van der Waals surface area contributed by atoms with Crippen LogP contribution in [0.1, 0.15) is 17.0 Å². The van der Waals surface area contributed by atoms with E-state index in [1.807, 2.05) is 0 Å². The van der Waals surface area contributed by atoms with Crippen LogP contribution in [0.4, 0.5) is 5.69 Å². The van der Waals surface area contributed by atoms with E-state index in [0.29, 0.717) is 11.4 Å². The summed E-state index contributed by atoms with van der Waals surface area (Å²) in [5, 5.41) is 8.69. The Balaban J connectivity index is 2.04. The van der Waals surface area contributed by atoms with Gasteiger partial charge in [-0.25, -0.2) is 4.98 Å². The molecule has 0 radical (unpaired) electrons. The monoisotopic (exact) mass is 275 g/mol. The Morgan fingerprint density at radius 2 is 2.15 bits per heavy atom. The lowest BCUT2D eigenvalue weighted by molar-refractivity contribution is -0.118. The highest BCUT2D eigenvalue weighted by Crippen LogP contribution is 2.24. The van der Waals surface area contributed by atoms with Gasteiger partial charge in [0, 0.05) is 0 Å². The Labute approximate surface area is 114 Å². The van der Waals surface area contributed by atoms with Crippen molar-refractivity contribution in [3.63, 3.8) is 0 Å². The highest BCUT2D eigenvalue weighted by Gasteiger charge is 2.12. The van der Waals surface area contributed by atoms with Gasteiger partial charge in [-0.15, -0.1) is 0 Å². The SMILES string of the molecule is NC(=O)CCOc1ccccc1NC(=O)c1ncn[nH]1. The van der Waals surface area contributed by atoms with Gasteiger partial charge in [0.05, 0.1) is 18.7 Å². The van der Waals surface area contributed by atoms with Crippen molar-refractivity contribution in [3.05, 3.63) is 36.4 Å². The summed E-state index contributed by atoms with van der Waals surface area (Å²) in [5.74, 6) is -0.347. The topological polar surface area (TPSA) is 123 Å². The molecule has 1 heterocycles. The van der Waals surface area contributed by atoms with Gasteiger partial charge in [-0.3, -0.25) is 14.7 Å². The average molecular weight is 275 g/mol. The van der Waals surface area contributed by atoms with E-state index >= 15 is 0 Å². The molecule has 8 heteroatoms. The summed E-state index contributed by atoms with van der Waals surface area (Å²) in [6.45, 7) is 0.143. The number of anilines is 1. The number of rotatable bonds is 6. The van der Waals surface area contributed by atoms with Gasteiger partial charge in [-0.2, -0.15) is 5.10 Å². The minimum absolute atomic E-state index is 0.0944. The molecule has 0 saturated carbocycles. The minimum Gasteiger partial charge on any atom is -0.491 e. The first-order valence-corrected chi connectivity index (χ1v) is 5.83. The number of hydrogen-bond acceptors (Lipinski definition) is 5. The van der Waals surface area contributed by atoms with Crippen LogP contribution in [0.3, 0.4) is 0 Å². The maximum absolute atomic E-state index is 11.8. The Morgan fingerprint density at radius 3 is 2.85 bits per heavy atom. The second-order valence-corrected chi connectivity index (χ2v) is 3.85. The minimum atomic E-state index is -0.451. The molecule has 0 aliphatic rings. The van der Waals surface area contributed by atoms with Crippen molar-refractivity contribution in [2.75, 3.05) is 11.9 Å². The lowest BCUT2D eigenvalue weighted by Crippen LogP contribution is -2.16. The number of carbonyl (C=O) groups excluding carboxylic acids is 2. The lowest BCUT2D eigenvalue weighted by Gasteiger charge is -2.11. The molecule has 0 unspecified atom stereocenters. The summed E-state index contributed by atoms with van der Waals surface area (Å²) >= 11 is 0. The molecule has 8 nitrogen and oxygen atoms in total. The Bertz CT molecular complexity index is 597. The molecule has 0 spiro atoms. The summed E-state index contributed by atoms with van der Waals surface area (Å²) in [7, 11) is 0. The molecular weight excluding hydrogens is 262 g/mol. The molecule has 0 aliphatic carbocycles. The molecule has 2 aromatic rings. The largest absolute Gasteiger partial charge is 0.491 e. The number of aromatic nitrogens is 3. The number of aromatic amines is 1. The fourth-order valence-corrected chi connectivity index (χ4v) is 1.45. The van der Waals surface area contributed by atoms with Crippen molar-refractivity contribution in [2.45, 2.75) is 6.42 Å². The fourth-order valence-electron chi connectivity index (χ4n) is 1.45. The lowest BCUT2D eigenvalue weighted by atomic mass is 10.3. The van der Waals surface area contributed by atoms with Gasteiger partial charge in [0.25, 0.3) is 5.91 Å².